The van der Waals surface area contributed by atoms with Crippen LogP contribution in [0.3, 0.4) is 0 Å². The van der Waals surface area contributed by atoms with Crippen molar-refractivity contribution in [1.29, 1.82) is 0 Å². The summed E-state index contributed by atoms with van der Waals surface area (Å²) in [6.07, 6.45) is 2.14. The Kier molecular flexibility index (Phi) is 2.74. The van der Waals surface area contributed by atoms with Crippen molar-refractivity contribution in [1.82, 2.24) is 4.57 Å². The minimum atomic E-state index is -0.476. The normalized spacial score (nSPS) is 12.7. The summed E-state index contributed by atoms with van der Waals surface area (Å²) in [5.41, 5.74) is 1.87. The van der Waals surface area contributed by atoms with Gasteiger partial charge in [0.05, 0.1) is 5.56 Å². The molecule has 0 unspecified atom stereocenters. The molecule has 2 rings (SSSR count). The topological polar surface area (TPSA) is 9.29 Å². The first-order chi connectivity index (χ1) is 8.27. The Bertz CT molecular complexity index is 619. The lowest BCUT2D eigenvalue weighted by molar-refractivity contribution is 0.409. The summed E-state index contributed by atoms with van der Waals surface area (Å²) >= 11 is 0. The highest BCUT2D eigenvalue weighted by Gasteiger charge is 2.31. The molecule has 0 aliphatic carbocycles. The molecule has 1 aromatic carbocycles. The van der Waals surface area contributed by atoms with Gasteiger partial charge in [-0.15, -0.1) is 0 Å². The molecule has 0 aliphatic heterocycles. The van der Waals surface area contributed by atoms with E-state index in [9.17, 15) is 0 Å². The van der Waals surface area contributed by atoms with E-state index < -0.39 is 5.54 Å². The van der Waals surface area contributed by atoms with E-state index in [0.29, 0.717) is 0 Å². The highest BCUT2D eigenvalue weighted by Crippen LogP contribution is 2.35. The molecule has 0 aliphatic rings. The summed E-state index contributed by atoms with van der Waals surface area (Å²) in [7, 11) is 0. The minimum absolute atomic E-state index is 0.0238. The summed E-state index contributed by atoms with van der Waals surface area (Å²) in [5, 5.41) is 1.19. The fourth-order valence-electron chi connectivity index (χ4n) is 2.28. The second kappa shape index (κ2) is 3.88. The predicted molar refractivity (Wildman–Crippen MR) is 76.6 cm³/mol. The maximum absolute atomic E-state index is 7.40. The molecule has 0 radical (unpaired) electrons. The number of hydrogen-bond donors (Lipinski definition) is 0. The molecule has 0 N–H and O–H groups in total. The van der Waals surface area contributed by atoms with E-state index in [4.69, 9.17) is 6.57 Å². The molecule has 2 heteroatoms. The summed E-state index contributed by atoms with van der Waals surface area (Å²) in [4.78, 5) is 3.77. The molecule has 1 heterocycles. The van der Waals surface area contributed by atoms with Crippen LogP contribution >= 0.6 is 0 Å². The van der Waals surface area contributed by atoms with Crippen molar-refractivity contribution in [2.45, 2.75) is 45.7 Å². The summed E-state index contributed by atoms with van der Waals surface area (Å²) in [6.45, 7) is 17.9. The molecule has 18 heavy (non-hydrogen) atoms. The highest BCUT2D eigenvalue weighted by atomic mass is 15.0. The Morgan fingerprint density at radius 2 is 1.67 bits per heavy atom. The van der Waals surface area contributed by atoms with Crippen molar-refractivity contribution >= 4 is 10.9 Å². The standard InChI is InChI=1S/C16H20N2/c1-15(2,3)18-11-13(16(4,5)17-6)12-9-7-8-10-14(12)18/h7-11H,1-5H3. The van der Waals surface area contributed by atoms with Crippen molar-refractivity contribution in [2.24, 2.45) is 0 Å². The van der Waals surface area contributed by atoms with E-state index in [0.717, 1.165) is 5.56 Å². The first kappa shape index (κ1) is 12.7. The van der Waals surface area contributed by atoms with Crippen LogP contribution in [-0.2, 0) is 11.1 Å². The third-order valence-electron chi connectivity index (χ3n) is 3.37. The molecule has 0 saturated carbocycles. The molecule has 0 atom stereocenters. The zero-order chi connectivity index (χ0) is 13.6. The molecule has 0 bridgehead atoms. The van der Waals surface area contributed by atoms with Gasteiger partial charge < -0.3 is 9.41 Å². The monoisotopic (exact) mass is 240 g/mol. The summed E-state index contributed by atoms with van der Waals surface area (Å²) in [6, 6.07) is 8.34. The van der Waals surface area contributed by atoms with Crippen LogP contribution in [0.1, 0.15) is 40.2 Å². The van der Waals surface area contributed by atoms with Crippen LogP contribution in [0.5, 0.6) is 0 Å². The third-order valence-corrected chi connectivity index (χ3v) is 3.37. The van der Waals surface area contributed by atoms with Crippen molar-refractivity contribution in [3.8, 4) is 0 Å². The maximum atomic E-state index is 7.40. The van der Waals surface area contributed by atoms with Gasteiger partial charge in [-0.2, -0.15) is 0 Å². The quantitative estimate of drug-likeness (QED) is 0.647. The molecule has 1 aromatic heterocycles. The molecule has 94 valence electrons. The average Bonchev–Trinajstić information content (AvgIpc) is 2.68. The largest absolute Gasteiger partial charge is 0.342 e. The van der Waals surface area contributed by atoms with Gasteiger partial charge in [0, 0.05) is 36.5 Å². The lowest BCUT2D eigenvalue weighted by Crippen LogP contribution is -2.20. The molecular formula is C16H20N2. The van der Waals surface area contributed by atoms with Crippen LogP contribution in [0, 0.1) is 6.57 Å². The molecule has 0 spiro atoms. The van der Waals surface area contributed by atoms with Crippen LogP contribution in [0.25, 0.3) is 15.7 Å². The van der Waals surface area contributed by atoms with E-state index in [2.05, 4.69) is 54.6 Å². The van der Waals surface area contributed by atoms with E-state index >= 15 is 0 Å². The Morgan fingerprint density at radius 3 is 2.22 bits per heavy atom. The first-order valence-corrected chi connectivity index (χ1v) is 6.27. The van der Waals surface area contributed by atoms with Gasteiger partial charge in [0.15, 0.2) is 0 Å². The summed E-state index contributed by atoms with van der Waals surface area (Å²) in [5.74, 6) is 0. The van der Waals surface area contributed by atoms with Crippen LogP contribution in [0.4, 0.5) is 0 Å². The smallest absolute Gasteiger partial charge is 0.254 e. The van der Waals surface area contributed by atoms with Gasteiger partial charge in [-0.25, -0.2) is 6.57 Å². The number of aromatic nitrogens is 1. The molecule has 0 saturated heterocycles. The molecular weight excluding hydrogens is 220 g/mol. The SMILES string of the molecule is [C-]#[N+]C(C)(C)c1cn(C(C)(C)C)c2ccccc12. The Hall–Kier alpha value is -1.75. The highest BCUT2D eigenvalue weighted by molar-refractivity contribution is 5.85. The molecule has 2 aromatic rings. The lowest BCUT2D eigenvalue weighted by Gasteiger charge is -2.22. The lowest BCUT2D eigenvalue weighted by atomic mass is 9.95. The maximum Gasteiger partial charge on any atom is 0.254 e. The number of hydrogen-bond acceptors (Lipinski definition) is 0. The van der Waals surface area contributed by atoms with Gasteiger partial charge in [-0.3, -0.25) is 0 Å². The average molecular weight is 240 g/mol. The van der Waals surface area contributed by atoms with Crippen molar-refractivity contribution in [3.63, 3.8) is 0 Å². The van der Waals surface area contributed by atoms with Crippen molar-refractivity contribution in [3.05, 3.63) is 47.4 Å². The number of rotatable bonds is 1. The first-order valence-electron chi connectivity index (χ1n) is 6.27. The summed E-state index contributed by atoms with van der Waals surface area (Å²) < 4.78 is 2.27. The number of benzene rings is 1. The zero-order valence-corrected chi connectivity index (χ0v) is 11.8. The fourth-order valence-corrected chi connectivity index (χ4v) is 2.28. The predicted octanol–water partition coefficient (Wildman–Crippen LogP) is 4.55. The number of para-hydroxylation sites is 1. The van der Waals surface area contributed by atoms with Gasteiger partial charge in [0.25, 0.3) is 5.54 Å². The van der Waals surface area contributed by atoms with Crippen LogP contribution in [-0.4, -0.2) is 4.57 Å². The minimum Gasteiger partial charge on any atom is -0.342 e. The van der Waals surface area contributed by atoms with Gasteiger partial charge in [0.1, 0.15) is 0 Å². The second-order valence-electron chi connectivity index (χ2n) is 6.27. The zero-order valence-electron chi connectivity index (χ0n) is 11.8. The Balaban J connectivity index is 2.83. The van der Waals surface area contributed by atoms with Gasteiger partial charge in [-0.1, -0.05) is 18.2 Å². The van der Waals surface area contributed by atoms with Crippen LogP contribution < -0.4 is 0 Å². The van der Waals surface area contributed by atoms with Crippen LogP contribution in [0.15, 0.2) is 30.5 Å². The van der Waals surface area contributed by atoms with E-state index in [1.165, 1.54) is 10.9 Å². The van der Waals surface area contributed by atoms with Crippen molar-refractivity contribution < 1.29 is 0 Å². The van der Waals surface area contributed by atoms with E-state index in [-0.39, 0.29) is 5.54 Å². The molecule has 2 nitrogen and oxygen atoms in total. The fraction of sp³-hybridized carbons (Fsp3) is 0.438. The Morgan fingerprint density at radius 1 is 1.06 bits per heavy atom. The second-order valence-corrected chi connectivity index (χ2v) is 6.27. The number of nitrogens with zero attached hydrogens (tertiary/aromatic N) is 2. The van der Waals surface area contributed by atoms with Gasteiger partial charge in [-0.05, 0) is 26.8 Å². The van der Waals surface area contributed by atoms with E-state index in [1.54, 1.807) is 0 Å². The number of fused-ring (bicyclic) bond motifs is 1. The van der Waals surface area contributed by atoms with Gasteiger partial charge >= 0.3 is 0 Å². The van der Waals surface area contributed by atoms with Crippen LogP contribution in [0.2, 0.25) is 0 Å². The van der Waals surface area contributed by atoms with E-state index in [1.807, 2.05) is 19.9 Å². The van der Waals surface area contributed by atoms with Crippen molar-refractivity contribution in [2.75, 3.05) is 0 Å². The van der Waals surface area contributed by atoms with Gasteiger partial charge in [0.2, 0.25) is 0 Å². The third kappa shape index (κ3) is 1.90. The molecule has 0 amide bonds. The Labute approximate surface area is 109 Å². The molecule has 0 fully saturated rings.